The van der Waals surface area contributed by atoms with Crippen LogP contribution in [0.4, 0.5) is 0 Å². The molecule has 0 amide bonds. The molecule has 5 nitrogen and oxygen atoms in total. The summed E-state index contributed by atoms with van der Waals surface area (Å²) in [7, 11) is 0. The van der Waals surface area contributed by atoms with Crippen molar-refractivity contribution in [3.63, 3.8) is 0 Å². The number of aryl methyl sites for hydroxylation is 1. The molecule has 2 heterocycles. The molecule has 6 heteroatoms. The maximum Gasteiger partial charge on any atom is 0.331 e. The Morgan fingerprint density at radius 2 is 1.90 bits per heavy atom. The van der Waals surface area contributed by atoms with E-state index in [-0.39, 0.29) is 12.4 Å². The molecule has 3 aromatic rings. The van der Waals surface area contributed by atoms with Crippen molar-refractivity contribution in [3.05, 3.63) is 75.7 Å². The van der Waals surface area contributed by atoms with Crippen LogP contribution in [0.2, 0.25) is 0 Å². The number of esters is 1. The summed E-state index contributed by atoms with van der Waals surface area (Å²) in [4.78, 5) is 24.5. The molecule has 0 aliphatic carbocycles. The molecule has 1 aromatic carbocycles. The molecule has 0 N–H and O–H groups in total. The number of hydrogen-bond donors (Lipinski definition) is 0. The lowest BCUT2D eigenvalue weighted by Gasteiger charge is -2.11. The van der Waals surface area contributed by atoms with Gasteiger partial charge in [-0.25, -0.2) is 4.79 Å². The van der Waals surface area contributed by atoms with Crippen molar-refractivity contribution in [1.29, 1.82) is 0 Å². The maximum atomic E-state index is 12.6. The quantitative estimate of drug-likeness (QED) is 0.299. The van der Waals surface area contributed by atoms with Gasteiger partial charge in [-0.3, -0.25) is 4.79 Å². The number of nitrogens with zero attached hydrogens (tertiary/aromatic N) is 1. The third-order valence-electron chi connectivity index (χ3n) is 4.44. The Morgan fingerprint density at radius 3 is 2.55 bits per heavy atom. The summed E-state index contributed by atoms with van der Waals surface area (Å²) in [5.74, 6) is 0.0369. The summed E-state index contributed by atoms with van der Waals surface area (Å²) in [5.41, 5.74) is 4.15. The summed E-state index contributed by atoms with van der Waals surface area (Å²) in [5, 5.41) is 3.85. The first kappa shape index (κ1) is 20.6. The van der Waals surface area contributed by atoms with E-state index < -0.39 is 5.97 Å². The number of Topliss-reactive ketones (excluding diaryl/α,β-unsaturated/α-hetero) is 1. The van der Waals surface area contributed by atoms with Crippen molar-refractivity contribution in [3.8, 4) is 11.4 Å². The molecule has 29 heavy (non-hydrogen) atoms. The van der Waals surface area contributed by atoms with Gasteiger partial charge in [-0.1, -0.05) is 0 Å². The van der Waals surface area contributed by atoms with E-state index in [0.717, 1.165) is 28.4 Å². The van der Waals surface area contributed by atoms with Gasteiger partial charge in [0.25, 0.3) is 0 Å². The van der Waals surface area contributed by atoms with Crippen molar-refractivity contribution in [1.82, 2.24) is 4.57 Å². The Balaban J connectivity index is 1.68. The second kappa shape index (κ2) is 9.39. The van der Waals surface area contributed by atoms with Crippen LogP contribution in [0.25, 0.3) is 11.8 Å². The molecule has 2 aromatic heterocycles. The van der Waals surface area contributed by atoms with Gasteiger partial charge in [-0.2, -0.15) is 11.3 Å². The molecule has 0 saturated heterocycles. The van der Waals surface area contributed by atoms with E-state index in [4.69, 9.17) is 9.47 Å². The number of thiophene rings is 1. The van der Waals surface area contributed by atoms with Gasteiger partial charge in [0, 0.05) is 28.7 Å². The first-order chi connectivity index (χ1) is 14.0. The number of aromatic nitrogens is 1. The average molecular weight is 410 g/mol. The van der Waals surface area contributed by atoms with Crippen LogP contribution < -0.4 is 4.74 Å². The van der Waals surface area contributed by atoms with Gasteiger partial charge in [0.15, 0.2) is 6.61 Å². The fourth-order valence-corrected chi connectivity index (χ4v) is 3.73. The largest absolute Gasteiger partial charge is 0.494 e. The van der Waals surface area contributed by atoms with E-state index >= 15 is 0 Å². The lowest BCUT2D eigenvalue weighted by molar-refractivity contribution is -0.136. The minimum Gasteiger partial charge on any atom is -0.494 e. The first-order valence-electron chi connectivity index (χ1n) is 9.32. The second-order valence-corrected chi connectivity index (χ2v) is 7.25. The highest BCUT2D eigenvalue weighted by atomic mass is 32.1. The monoisotopic (exact) mass is 409 g/mol. The zero-order valence-corrected chi connectivity index (χ0v) is 17.5. The highest BCUT2D eigenvalue weighted by Gasteiger charge is 2.18. The van der Waals surface area contributed by atoms with Crippen LogP contribution in [0.5, 0.6) is 5.75 Å². The van der Waals surface area contributed by atoms with Crippen LogP contribution >= 0.6 is 11.3 Å². The van der Waals surface area contributed by atoms with Gasteiger partial charge in [0.05, 0.1) is 6.61 Å². The first-order valence-corrected chi connectivity index (χ1v) is 10.3. The minimum absolute atomic E-state index is 0.229. The molecule has 0 atom stereocenters. The van der Waals surface area contributed by atoms with Crippen molar-refractivity contribution in [2.75, 3.05) is 13.2 Å². The van der Waals surface area contributed by atoms with E-state index in [0.29, 0.717) is 12.2 Å². The summed E-state index contributed by atoms with van der Waals surface area (Å²) < 4.78 is 12.6. The van der Waals surface area contributed by atoms with Crippen molar-refractivity contribution in [2.45, 2.75) is 20.8 Å². The van der Waals surface area contributed by atoms with E-state index in [1.807, 2.05) is 72.5 Å². The standard InChI is InChI=1S/C23H23NO4S/c1-4-27-20-8-6-19(7-9-20)24-16(2)13-21(17(24)3)22(25)14-28-23(26)10-5-18-11-12-29-15-18/h5-13,15H,4,14H2,1-3H3/b10-5+. The summed E-state index contributed by atoms with van der Waals surface area (Å²) in [6, 6.07) is 11.4. The van der Waals surface area contributed by atoms with Crippen LogP contribution in [0.15, 0.2) is 53.2 Å². The van der Waals surface area contributed by atoms with E-state index in [1.165, 1.54) is 6.08 Å². The molecular weight excluding hydrogens is 386 g/mol. The summed E-state index contributed by atoms with van der Waals surface area (Å²) in [6.45, 7) is 6.09. The summed E-state index contributed by atoms with van der Waals surface area (Å²) in [6.07, 6.45) is 3.00. The Labute approximate surface area is 174 Å². The highest BCUT2D eigenvalue weighted by molar-refractivity contribution is 7.08. The minimum atomic E-state index is -0.537. The molecule has 0 fully saturated rings. The highest BCUT2D eigenvalue weighted by Crippen LogP contribution is 2.23. The molecule has 0 unspecified atom stereocenters. The fraction of sp³-hybridized carbons (Fsp3) is 0.217. The van der Waals surface area contributed by atoms with Crippen molar-refractivity contribution >= 4 is 29.2 Å². The van der Waals surface area contributed by atoms with Crippen LogP contribution in [-0.2, 0) is 9.53 Å². The molecule has 0 aliphatic rings. The Hall–Kier alpha value is -3.12. The lowest BCUT2D eigenvalue weighted by Crippen LogP contribution is -2.13. The van der Waals surface area contributed by atoms with Crippen LogP contribution in [0.3, 0.4) is 0 Å². The number of carbonyl (C=O) groups excluding carboxylic acids is 2. The van der Waals surface area contributed by atoms with Crippen molar-refractivity contribution in [2.24, 2.45) is 0 Å². The van der Waals surface area contributed by atoms with Gasteiger partial charge < -0.3 is 14.0 Å². The third kappa shape index (κ3) is 5.03. The van der Waals surface area contributed by atoms with E-state index in [2.05, 4.69) is 0 Å². The molecule has 0 spiro atoms. The number of carbonyl (C=O) groups is 2. The van der Waals surface area contributed by atoms with Gasteiger partial charge in [0.2, 0.25) is 5.78 Å². The topological polar surface area (TPSA) is 57.5 Å². The molecule has 0 radical (unpaired) electrons. The zero-order chi connectivity index (χ0) is 20.8. The predicted molar refractivity (Wildman–Crippen MR) is 115 cm³/mol. The van der Waals surface area contributed by atoms with Gasteiger partial charge in [-0.05, 0) is 79.6 Å². The number of benzene rings is 1. The number of ketones is 1. The fourth-order valence-electron chi connectivity index (χ4n) is 3.10. The van der Waals surface area contributed by atoms with Crippen molar-refractivity contribution < 1.29 is 19.1 Å². The average Bonchev–Trinajstić information content (AvgIpc) is 3.33. The Bertz CT molecular complexity index is 1010. The van der Waals surface area contributed by atoms with Gasteiger partial charge in [-0.15, -0.1) is 0 Å². The number of ether oxygens (including phenoxy) is 2. The lowest BCUT2D eigenvalue weighted by atomic mass is 10.1. The molecule has 150 valence electrons. The smallest absolute Gasteiger partial charge is 0.331 e. The Kier molecular flexibility index (Phi) is 6.67. The van der Waals surface area contributed by atoms with Crippen LogP contribution in [-0.4, -0.2) is 29.5 Å². The predicted octanol–water partition coefficient (Wildman–Crippen LogP) is 4.99. The number of hydrogen-bond acceptors (Lipinski definition) is 5. The van der Waals surface area contributed by atoms with Gasteiger partial charge in [0.1, 0.15) is 5.75 Å². The third-order valence-corrected chi connectivity index (χ3v) is 5.14. The van der Waals surface area contributed by atoms with Gasteiger partial charge >= 0.3 is 5.97 Å². The Morgan fingerprint density at radius 1 is 1.14 bits per heavy atom. The number of rotatable bonds is 8. The molecule has 0 aliphatic heterocycles. The molecule has 0 saturated carbocycles. The molecular formula is C23H23NO4S. The maximum absolute atomic E-state index is 12.6. The van der Waals surface area contributed by atoms with Crippen LogP contribution in [0.1, 0.15) is 34.2 Å². The normalized spacial score (nSPS) is 11.0. The second-order valence-electron chi connectivity index (χ2n) is 6.47. The molecule has 3 rings (SSSR count). The van der Waals surface area contributed by atoms with E-state index in [9.17, 15) is 9.59 Å². The van der Waals surface area contributed by atoms with E-state index in [1.54, 1.807) is 17.4 Å². The zero-order valence-electron chi connectivity index (χ0n) is 16.7. The SMILES string of the molecule is CCOc1ccc(-n2c(C)cc(C(=O)COC(=O)/C=C/c3ccsc3)c2C)cc1. The summed E-state index contributed by atoms with van der Waals surface area (Å²) >= 11 is 1.55. The molecule has 0 bridgehead atoms. The van der Waals surface area contributed by atoms with Crippen LogP contribution in [0, 0.1) is 13.8 Å².